The number of nitrogens with zero attached hydrogens (tertiary/aromatic N) is 6. The minimum Gasteiger partial charge on any atom is -0.367 e. The number of aromatic nitrogens is 5. The van der Waals surface area contributed by atoms with E-state index in [1.54, 1.807) is 41.5 Å². The zero-order chi connectivity index (χ0) is 22.6. The van der Waals surface area contributed by atoms with Crippen LogP contribution in [-0.2, 0) is 7.05 Å². The van der Waals surface area contributed by atoms with Crippen molar-refractivity contribution >= 4 is 34.0 Å². The van der Waals surface area contributed by atoms with Gasteiger partial charge in [0.15, 0.2) is 11.5 Å². The molecule has 1 amide bonds. The lowest BCUT2D eigenvalue weighted by Crippen LogP contribution is -2.54. The van der Waals surface area contributed by atoms with E-state index in [1.807, 2.05) is 6.07 Å². The number of hydrogen-bond acceptors (Lipinski definition) is 6. The molecule has 3 aromatic heterocycles. The van der Waals surface area contributed by atoms with Crippen molar-refractivity contribution in [2.45, 2.75) is 32.9 Å². The molecule has 5 rings (SSSR count). The van der Waals surface area contributed by atoms with Gasteiger partial charge in [-0.3, -0.25) is 4.79 Å². The quantitative estimate of drug-likeness (QED) is 0.513. The highest BCUT2D eigenvalue weighted by molar-refractivity contribution is 6.13. The van der Waals surface area contributed by atoms with Crippen LogP contribution in [0.15, 0.2) is 30.6 Å². The number of rotatable bonds is 3. The molecule has 0 aliphatic carbocycles. The Morgan fingerprint density at radius 1 is 1.22 bits per heavy atom. The summed E-state index contributed by atoms with van der Waals surface area (Å²) in [6.45, 7) is 7.76. The van der Waals surface area contributed by atoms with Gasteiger partial charge in [0, 0.05) is 50.7 Å². The van der Waals surface area contributed by atoms with Crippen LogP contribution in [0.3, 0.4) is 0 Å². The maximum absolute atomic E-state index is 14.4. The van der Waals surface area contributed by atoms with Gasteiger partial charge in [-0.2, -0.15) is 0 Å². The van der Waals surface area contributed by atoms with Crippen molar-refractivity contribution in [2.24, 2.45) is 7.05 Å². The standard InChI is InChI=1S/C22H25FN8O/c1-12-8-30(9-13(2)24-12)18-6-5-16(20-19(18)27-28-29(20)4)22(32)26-15-7-17(23)21-25-14(3)10-31(21)11-15/h5-7,10-13,24H,8-9H2,1-4H3,(H,26,32). The molecule has 1 aromatic carbocycles. The third kappa shape index (κ3) is 3.46. The molecule has 4 heterocycles. The molecule has 4 aromatic rings. The molecular weight excluding hydrogens is 411 g/mol. The third-order valence-corrected chi connectivity index (χ3v) is 5.76. The average molecular weight is 436 g/mol. The average Bonchev–Trinajstić information content (AvgIpc) is 3.29. The lowest BCUT2D eigenvalue weighted by Gasteiger charge is -2.37. The van der Waals surface area contributed by atoms with Gasteiger partial charge in [-0.25, -0.2) is 14.1 Å². The van der Waals surface area contributed by atoms with E-state index in [0.717, 1.165) is 18.8 Å². The SMILES string of the molecule is Cc1cn2cc(NC(=O)c3ccc(N4CC(C)NC(C)C4)c4nnn(C)c34)cc(F)c2n1. The van der Waals surface area contributed by atoms with E-state index < -0.39 is 5.82 Å². The molecule has 166 valence electrons. The molecule has 0 bridgehead atoms. The molecule has 9 nitrogen and oxygen atoms in total. The van der Waals surface area contributed by atoms with E-state index in [0.29, 0.717) is 40.1 Å². The Balaban J connectivity index is 1.51. The molecule has 2 unspecified atom stereocenters. The van der Waals surface area contributed by atoms with Crippen LogP contribution in [0.4, 0.5) is 15.8 Å². The summed E-state index contributed by atoms with van der Waals surface area (Å²) in [5.74, 6) is -0.856. The summed E-state index contributed by atoms with van der Waals surface area (Å²) >= 11 is 0. The first kappa shape index (κ1) is 20.4. The van der Waals surface area contributed by atoms with Crippen LogP contribution in [0.1, 0.15) is 29.9 Å². The van der Waals surface area contributed by atoms with E-state index in [9.17, 15) is 9.18 Å². The Labute approximate surface area is 184 Å². The molecule has 2 N–H and O–H groups in total. The molecule has 0 saturated carbocycles. The monoisotopic (exact) mass is 436 g/mol. The number of hydrogen-bond donors (Lipinski definition) is 2. The highest BCUT2D eigenvalue weighted by Gasteiger charge is 2.26. The summed E-state index contributed by atoms with van der Waals surface area (Å²) in [5, 5.41) is 14.8. The molecule has 1 aliphatic rings. The topological polar surface area (TPSA) is 92.4 Å². The Morgan fingerprint density at radius 3 is 2.72 bits per heavy atom. The summed E-state index contributed by atoms with van der Waals surface area (Å²) in [6.07, 6.45) is 3.36. The second-order valence-electron chi connectivity index (χ2n) is 8.56. The fourth-order valence-corrected chi connectivity index (χ4v) is 4.56. The zero-order valence-corrected chi connectivity index (χ0v) is 18.4. The number of pyridine rings is 1. The maximum Gasteiger partial charge on any atom is 0.257 e. The van der Waals surface area contributed by atoms with Crippen molar-refractivity contribution in [1.29, 1.82) is 0 Å². The summed E-state index contributed by atoms with van der Waals surface area (Å²) < 4.78 is 17.6. The van der Waals surface area contributed by atoms with E-state index in [-0.39, 0.29) is 11.6 Å². The molecule has 0 spiro atoms. The highest BCUT2D eigenvalue weighted by atomic mass is 19.1. The minimum atomic E-state index is -0.499. The van der Waals surface area contributed by atoms with Crippen molar-refractivity contribution in [2.75, 3.05) is 23.3 Å². The van der Waals surface area contributed by atoms with E-state index >= 15 is 0 Å². The van der Waals surface area contributed by atoms with Gasteiger partial charge >= 0.3 is 0 Å². The molecule has 1 aliphatic heterocycles. The smallest absolute Gasteiger partial charge is 0.257 e. The number of carbonyl (C=O) groups is 1. The Morgan fingerprint density at radius 2 is 1.97 bits per heavy atom. The van der Waals surface area contributed by atoms with Crippen LogP contribution in [0, 0.1) is 12.7 Å². The van der Waals surface area contributed by atoms with Gasteiger partial charge in [0.1, 0.15) is 11.0 Å². The van der Waals surface area contributed by atoms with Gasteiger partial charge in [-0.05, 0) is 32.9 Å². The predicted molar refractivity (Wildman–Crippen MR) is 121 cm³/mol. The summed E-state index contributed by atoms with van der Waals surface area (Å²) in [4.78, 5) is 19.6. The molecule has 2 atom stereocenters. The van der Waals surface area contributed by atoms with Crippen molar-refractivity contribution < 1.29 is 9.18 Å². The van der Waals surface area contributed by atoms with E-state index in [1.165, 1.54) is 6.07 Å². The largest absolute Gasteiger partial charge is 0.367 e. The number of halogens is 1. The van der Waals surface area contributed by atoms with Gasteiger partial charge in [-0.1, -0.05) is 5.21 Å². The number of nitrogens with one attached hydrogen (secondary N) is 2. The maximum atomic E-state index is 14.4. The summed E-state index contributed by atoms with van der Waals surface area (Å²) in [7, 11) is 1.76. The first-order valence-electron chi connectivity index (χ1n) is 10.6. The van der Waals surface area contributed by atoms with Crippen molar-refractivity contribution in [3.05, 3.63) is 47.7 Å². The van der Waals surface area contributed by atoms with Crippen LogP contribution < -0.4 is 15.5 Å². The van der Waals surface area contributed by atoms with Crippen molar-refractivity contribution in [3.8, 4) is 0 Å². The summed E-state index contributed by atoms with van der Waals surface area (Å²) in [6, 6.07) is 5.65. The number of fused-ring (bicyclic) bond motifs is 2. The zero-order valence-electron chi connectivity index (χ0n) is 18.4. The molecule has 1 saturated heterocycles. The Hall–Kier alpha value is -3.53. The van der Waals surface area contributed by atoms with Crippen LogP contribution in [0.2, 0.25) is 0 Å². The number of anilines is 2. The van der Waals surface area contributed by atoms with Gasteiger partial charge in [0.25, 0.3) is 5.91 Å². The van der Waals surface area contributed by atoms with Crippen LogP contribution in [0.5, 0.6) is 0 Å². The summed E-state index contributed by atoms with van der Waals surface area (Å²) in [5.41, 5.74) is 3.95. The molecular formula is C22H25FN8O. The number of carbonyl (C=O) groups excluding carboxylic acids is 1. The lowest BCUT2D eigenvalue weighted by molar-refractivity contribution is 0.102. The lowest BCUT2D eigenvalue weighted by atomic mass is 10.1. The van der Waals surface area contributed by atoms with Gasteiger partial charge in [-0.15, -0.1) is 5.10 Å². The van der Waals surface area contributed by atoms with Crippen molar-refractivity contribution in [3.63, 3.8) is 0 Å². The van der Waals surface area contributed by atoms with Crippen LogP contribution in [-0.4, -0.2) is 55.5 Å². The number of imidazole rings is 1. The molecule has 10 heteroatoms. The van der Waals surface area contributed by atoms with Crippen LogP contribution >= 0.6 is 0 Å². The Bertz CT molecular complexity index is 1330. The van der Waals surface area contributed by atoms with E-state index in [4.69, 9.17) is 0 Å². The fourth-order valence-electron chi connectivity index (χ4n) is 4.56. The first-order chi connectivity index (χ1) is 15.3. The second kappa shape index (κ2) is 7.56. The number of amides is 1. The van der Waals surface area contributed by atoms with Crippen molar-refractivity contribution in [1.82, 2.24) is 29.7 Å². The normalized spacial score (nSPS) is 19.1. The first-order valence-corrected chi connectivity index (χ1v) is 10.6. The number of aryl methyl sites for hydroxylation is 2. The fraction of sp³-hybridized carbons (Fsp3) is 0.364. The van der Waals surface area contributed by atoms with Gasteiger partial charge in [0.05, 0.1) is 22.6 Å². The van der Waals surface area contributed by atoms with Gasteiger partial charge < -0.3 is 19.9 Å². The third-order valence-electron chi connectivity index (χ3n) is 5.76. The number of piperazine rings is 1. The van der Waals surface area contributed by atoms with E-state index in [2.05, 4.69) is 44.7 Å². The van der Waals surface area contributed by atoms with Crippen LogP contribution in [0.25, 0.3) is 16.7 Å². The molecule has 32 heavy (non-hydrogen) atoms. The number of benzene rings is 1. The Kier molecular flexibility index (Phi) is 4.81. The highest BCUT2D eigenvalue weighted by Crippen LogP contribution is 2.29. The minimum absolute atomic E-state index is 0.225. The second-order valence-corrected chi connectivity index (χ2v) is 8.56. The molecule has 0 radical (unpaired) electrons. The predicted octanol–water partition coefficient (Wildman–Crippen LogP) is 2.50. The van der Waals surface area contributed by atoms with Gasteiger partial charge in [0.2, 0.25) is 0 Å². The molecule has 1 fully saturated rings.